The van der Waals surface area contributed by atoms with Crippen LogP contribution in [-0.4, -0.2) is 14.5 Å². The number of H-pyrrole nitrogens is 1. The van der Waals surface area contributed by atoms with Crippen molar-refractivity contribution in [2.45, 2.75) is 13.0 Å². The van der Waals surface area contributed by atoms with E-state index in [0.29, 0.717) is 0 Å². The van der Waals surface area contributed by atoms with Gasteiger partial charge < -0.3 is 9.55 Å². The third-order valence-corrected chi connectivity index (χ3v) is 3.35. The third-order valence-electron chi connectivity index (χ3n) is 3.03. The Hall–Kier alpha value is -1.94. The van der Waals surface area contributed by atoms with E-state index < -0.39 is 0 Å². The predicted octanol–water partition coefficient (Wildman–Crippen LogP) is 3.34. The minimum atomic E-state index is 0.778. The first-order valence-corrected chi connectivity index (χ1v) is 6.32. The van der Waals surface area contributed by atoms with Gasteiger partial charge in [-0.3, -0.25) is 4.98 Å². The third kappa shape index (κ3) is 2.07. The number of imidazole rings is 1. The summed E-state index contributed by atoms with van der Waals surface area (Å²) in [5.74, 6) is 0. The van der Waals surface area contributed by atoms with Crippen LogP contribution >= 0.6 is 12.2 Å². The van der Waals surface area contributed by atoms with Crippen molar-refractivity contribution in [3.05, 3.63) is 59.1 Å². The first-order chi connectivity index (χ1) is 8.84. The molecule has 90 valence electrons. The molecule has 0 radical (unpaired) electrons. The van der Waals surface area contributed by atoms with Gasteiger partial charge in [0, 0.05) is 18.9 Å². The van der Waals surface area contributed by atoms with Gasteiger partial charge in [0.1, 0.15) is 0 Å². The quantitative estimate of drug-likeness (QED) is 0.728. The fourth-order valence-corrected chi connectivity index (χ4v) is 2.42. The fraction of sp³-hybridized carbons (Fsp3) is 0.143. The molecule has 0 fully saturated rings. The van der Waals surface area contributed by atoms with Gasteiger partial charge in [-0.2, -0.15) is 0 Å². The number of hydrogen-bond acceptors (Lipinski definition) is 2. The summed E-state index contributed by atoms with van der Waals surface area (Å²) in [5, 5.41) is 0. The first-order valence-electron chi connectivity index (χ1n) is 5.91. The van der Waals surface area contributed by atoms with Gasteiger partial charge in [0.2, 0.25) is 0 Å². The van der Waals surface area contributed by atoms with Crippen LogP contribution < -0.4 is 0 Å². The molecular weight excluding hydrogens is 242 g/mol. The van der Waals surface area contributed by atoms with Crippen molar-refractivity contribution in [2.75, 3.05) is 0 Å². The van der Waals surface area contributed by atoms with Crippen molar-refractivity contribution in [2.24, 2.45) is 0 Å². The van der Waals surface area contributed by atoms with Gasteiger partial charge in [0.15, 0.2) is 4.77 Å². The Balaban J connectivity index is 1.91. The van der Waals surface area contributed by atoms with E-state index >= 15 is 0 Å². The zero-order valence-corrected chi connectivity index (χ0v) is 10.7. The predicted molar refractivity (Wildman–Crippen MR) is 75.1 cm³/mol. The molecule has 4 heteroatoms. The summed E-state index contributed by atoms with van der Waals surface area (Å²) in [6.07, 6.45) is 4.63. The van der Waals surface area contributed by atoms with E-state index in [-0.39, 0.29) is 0 Å². The van der Waals surface area contributed by atoms with Gasteiger partial charge >= 0.3 is 0 Å². The van der Waals surface area contributed by atoms with Gasteiger partial charge in [0.25, 0.3) is 0 Å². The molecule has 1 N–H and O–H groups in total. The van der Waals surface area contributed by atoms with Crippen LogP contribution in [0, 0.1) is 4.77 Å². The van der Waals surface area contributed by atoms with E-state index in [9.17, 15) is 0 Å². The zero-order valence-electron chi connectivity index (χ0n) is 9.84. The summed E-state index contributed by atoms with van der Waals surface area (Å²) in [5.41, 5.74) is 3.48. The van der Waals surface area contributed by atoms with E-state index in [1.54, 1.807) is 6.20 Å². The van der Waals surface area contributed by atoms with Crippen molar-refractivity contribution >= 4 is 23.3 Å². The second-order valence-corrected chi connectivity index (χ2v) is 4.60. The summed E-state index contributed by atoms with van der Waals surface area (Å²) in [4.78, 5) is 7.35. The van der Waals surface area contributed by atoms with E-state index in [2.05, 4.69) is 26.7 Å². The first kappa shape index (κ1) is 11.2. The number of fused-ring (bicyclic) bond motifs is 1. The van der Waals surface area contributed by atoms with Gasteiger partial charge in [-0.1, -0.05) is 18.2 Å². The molecule has 0 spiro atoms. The number of aromatic nitrogens is 3. The Labute approximate surface area is 110 Å². The normalized spacial score (nSPS) is 10.9. The Morgan fingerprint density at radius 1 is 1.17 bits per heavy atom. The number of pyridine rings is 1. The average Bonchev–Trinajstić information content (AvgIpc) is 2.73. The molecule has 1 aromatic carbocycles. The summed E-state index contributed by atoms with van der Waals surface area (Å²) in [7, 11) is 0. The van der Waals surface area contributed by atoms with Crippen LogP contribution in [0.5, 0.6) is 0 Å². The van der Waals surface area contributed by atoms with Crippen molar-refractivity contribution in [3.8, 4) is 0 Å². The monoisotopic (exact) mass is 255 g/mol. The average molecular weight is 255 g/mol. The molecule has 0 bridgehead atoms. The van der Waals surface area contributed by atoms with Crippen LogP contribution in [-0.2, 0) is 13.0 Å². The second kappa shape index (κ2) is 4.74. The molecular formula is C14H13N3S. The van der Waals surface area contributed by atoms with E-state index in [1.165, 1.54) is 5.56 Å². The van der Waals surface area contributed by atoms with Crippen molar-refractivity contribution in [1.82, 2.24) is 14.5 Å². The highest BCUT2D eigenvalue weighted by Crippen LogP contribution is 2.14. The number of benzene rings is 1. The van der Waals surface area contributed by atoms with Crippen molar-refractivity contribution in [3.63, 3.8) is 0 Å². The molecule has 18 heavy (non-hydrogen) atoms. The van der Waals surface area contributed by atoms with Crippen LogP contribution in [0.3, 0.4) is 0 Å². The number of rotatable bonds is 3. The highest BCUT2D eigenvalue weighted by molar-refractivity contribution is 7.71. The maximum absolute atomic E-state index is 5.36. The number of nitrogens with one attached hydrogen (secondary N) is 1. The van der Waals surface area contributed by atoms with Crippen molar-refractivity contribution in [1.29, 1.82) is 0 Å². The summed E-state index contributed by atoms with van der Waals surface area (Å²) >= 11 is 5.36. The molecule has 0 aliphatic carbocycles. The molecule has 0 atom stereocenters. The Bertz CT molecular complexity index is 712. The van der Waals surface area contributed by atoms with Crippen molar-refractivity contribution < 1.29 is 0 Å². The number of aromatic amines is 1. The summed E-state index contributed by atoms with van der Waals surface area (Å²) < 4.78 is 2.91. The van der Waals surface area contributed by atoms with Gasteiger partial charge in [-0.15, -0.1) is 0 Å². The topological polar surface area (TPSA) is 33.6 Å². The fourth-order valence-electron chi connectivity index (χ4n) is 2.12. The lowest BCUT2D eigenvalue weighted by atomic mass is 10.2. The van der Waals surface area contributed by atoms with E-state index in [0.717, 1.165) is 28.8 Å². The lowest BCUT2D eigenvalue weighted by Gasteiger charge is -2.04. The smallest absolute Gasteiger partial charge is 0.178 e. The van der Waals surface area contributed by atoms with Crippen LogP contribution in [0.2, 0.25) is 0 Å². The molecule has 2 heterocycles. The van der Waals surface area contributed by atoms with Crippen LogP contribution in [0.25, 0.3) is 11.0 Å². The standard InChI is InChI=1S/C14H13N3S/c18-14-16-12-5-1-2-6-13(12)17(14)9-7-11-4-3-8-15-10-11/h1-6,8,10H,7,9H2,(H,16,18). The summed E-state index contributed by atoms with van der Waals surface area (Å²) in [6, 6.07) is 12.2. The summed E-state index contributed by atoms with van der Waals surface area (Å²) in [6.45, 7) is 0.870. The van der Waals surface area contributed by atoms with Gasteiger partial charge in [0.05, 0.1) is 11.0 Å². The molecule has 2 aromatic heterocycles. The Morgan fingerprint density at radius 3 is 2.89 bits per heavy atom. The van der Waals surface area contributed by atoms with Crippen LogP contribution in [0.1, 0.15) is 5.56 Å². The molecule has 0 saturated carbocycles. The molecule has 0 aliphatic heterocycles. The Morgan fingerprint density at radius 2 is 2.06 bits per heavy atom. The van der Waals surface area contributed by atoms with Crippen LogP contribution in [0.15, 0.2) is 48.8 Å². The second-order valence-electron chi connectivity index (χ2n) is 4.21. The number of aryl methyl sites for hydroxylation is 2. The maximum atomic E-state index is 5.36. The van der Waals surface area contributed by atoms with Gasteiger partial charge in [-0.25, -0.2) is 0 Å². The molecule has 0 unspecified atom stereocenters. The maximum Gasteiger partial charge on any atom is 0.178 e. The molecule has 0 saturated heterocycles. The molecule has 0 aliphatic rings. The number of nitrogens with zero attached hydrogens (tertiary/aromatic N) is 2. The number of para-hydroxylation sites is 2. The van der Waals surface area contributed by atoms with Crippen LogP contribution in [0.4, 0.5) is 0 Å². The minimum absolute atomic E-state index is 0.778. The van der Waals surface area contributed by atoms with E-state index in [1.807, 2.05) is 30.5 Å². The number of hydrogen-bond donors (Lipinski definition) is 1. The van der Waals surface area contributed by atoms with E-state index in [4.69, 9.17) is 12.2 Å². The van der Waals surface area contributed by atoms with Gasteiger partial charge in [-0.05, 0) is 42.4 Å². The highest BCUT2D eigenvalue weighted by atomic mass is 32.1. The SMILES string of the molecule is S=c1[nH]c2ccccc2n1CCc1cccnc1. The Kier molecular flexibility index (Phi) is 2.94. The minimum Gasteiger partial charge on any atom is -0.331 e. The lowest BCUT2D eigenvalue weighted by molar-refractivity contribution is 0.705. The molecule has 3 rings (SSSR count). The molecule has 3 aromatic rings. The molecule has 0 amide bonds. The lowest BCUT2D eigenvalue weighted by Crippen LogP contribution is -2.01. The zero-order chi connectivity index (χ0) is 12.4. The molecule has 3 nitrogen and oxygen atoms in total. The largest absolute Gasteiger partial charge is 0.331 e. The highest BCUT2D eigenvalue weighted by Gasteiger charge is 2.03.